The zero-order valence-corrected chi connectivity index (χ0v) is 14.3. The maximum absolute atomic E-state index is 6.29. The Morgan fingerprint density at radius 1 is 1.30 bits per heavy atom. The molecule has 0 saturated carbocycles. The summed E-state index contributed by atoms with van der Waals surface area (Å²) in [5.74, 6) is 0.717. The van der Waals surface area contributed by atoms with Crippen LogP contribution in [0, 0.1) is 6.92 Å². The molecule has 0 fully saturated rings. The first-order chi connectivity index (χ1) is 9.47. The van der Waals surface area contributed by atoms with Gasteiger partial charge < -0.3 is 10.2 Å². The summed E-state index contributed by atoms with van der Waals surface area (Å²) in [4.78, 5) is 0. The van der Waals surface area contributed by atoms with E-state index in [-0.39, 0.29) is 0 Å². The van der Waals surface area contributed by atoms with Gasteiger partial charge in [0.1, 0.15) is 11.3 Å². The molecule has 0 bridgehead atoms. The van der Waals surface area contributed by atoms with Gasteiger partial charge in [0.2, 0.25) is 0 Å². The van der Waals surface area contributed by atoms with Crippen LogP contribution in [-0.4, -0.2) is 0 Å². The summed E-state index contributed by atoms with van der Waals surface area (Å²) in [5, 5.41) is 1.04. The smallest absolute Gasteiger partial charge is 0.134 e. The van der Waals surface area contributed by atoms with E-state index in [2.05, 4.69) is 15.9 Å². The van der Waals surface area contributed by atoms with Crippen molar-refractivity contribution in [3.8, 4) is 0 Å². The number of aryl methyl sites for hydroxylation is 1. The minimum Gasteiger partial charge on any atom is -0.459 e. The largest absolute Gasteiger partial charge is 0.459 e. The Hall–Kier alpha value is -0.520. The number of hydrogen-bond donors (Lipinski definition) is 1. The van der Waals surface area contributed by atoms with Gasteiger partial charge in [-0.05, 0) is 31.2 Å². The maximum Gasteiger partial charge on any atom is 0.134 e. The standard InChI is InChI=1S/C14H10BrCl2NOS/c1-6-8-4-7(15)2-3-10(8)19-13(6)12(18)9-5-11(16)20-14(9)17/h2-5,12H,18H2,1H3. The molecule has 0 aliphatic rings. The molecule has 2 aromatic heterocycles. The molecule has 20 heavy (non-hydrogen) atoms. The van der Waals surface area contributed by atoms with E-state index < -0.39 is 6.04 Å². The molecule has 0 aliphatic carbocycles. The number of benzene rings is 1. The highest BCUT2D eigenvalue weighted by atomic mass is 79.9. The van der Waals surface area contributed by atoms with Crippen LogP contribution < -0.4 is 5.73 Å². The monoisotopic (exact) mass is 389 g/mol. The van der Waals surface area contributed by atoms with Crippen LogP contribution in [0.15, 0.2) is 33.2 Å². The quantitative estimate of drug-likeness (QED) is 0.589. The highest BCUT2D eigenvalue weighted by molar-refractivity contribution is 9.10. The molecule has 3 rings (SSSR count). The fourth-order valence-corrected chi connectivity index (χ4v) is 4.13. The molecule has 104 valence electrons. The van der Waals surface area contributed by atoms with E-state index >= 15 is 0 Å². The number of furan rings is 1. The van der Waals surface area contributed by atoms with Gasteiger partial charge in [0.05, 0.1) is 14.7 Å². The third kappa shape index (κ3) is 2.40. The van der Waals surface area contributed by atoms with Gasteiger partial charge in [-0.25, -0.2) is 0 Å². The van der Waals surface area contributed by atoms with Crippen LogP contribution in [0.25, 0.3) is 11.0 Å². The molecule has 0 amide bonds. The van der Waals surface area contributed by atoms with Gasteiger partial charge in [-0.1, -0.05) is 39.1 Å². The van der Waals surface area contributed by atoms with Crippen LogP contribution in [-0.2, 0) is 0 Å². The normalized spacial score (nSPS) is 13.1. The van der Waals surface area contributed by atoms with E-state index in [0.717, 1.165) is 32.3 Å². The average Bonchev–Trinajstić information content (AvgIpc) is 2.90. The summed E-state index contributed by atoms with van der Waals surface area (Å²) in [5.41, 5.74) is 8.92. The molecule has 1 unspecified atom stereocenters. The third-order valence-corrected chi connectivity index (χ3v) is 5.25. The molecule has 2 heterocycles. The Bertz CT molecular complexity index is 796. The third-order valence-electron chi connectivity index (χ3n) is 3.24. The van der Waals surface area contributed by atoms with Crippen molar-refractivity contribution in [2.45, 2.75) is 13.0 Å². The van der Waals surface area contributed by atoms with Crippen molar-refractivity contribution < 1.29 is 4.42 Å². The average molecular weight is 391 g/mol. The second-order valence-electron chi connectivity index (χ2n) is 4.49. The van der Waals surface area contributed by atoms with Gasteiger partial charge >= 0.3 is 0 Å². The topological polar surface area (TPSA) is 39.2 Å². The van der Waals surface area contributed by atoms with Crippen molar-refractivity contribution in [2.75, 3.05) is 0 Å². The van der Waals surface area contributed by atoms with E-state index in [4.69, 9.17) is 33.4 Å². The van der Waals surface area contributed by atoms with Gasteiger partial charge in [0, 0.05) is 21.0 Å². The Kier molecular flexibility index (Phi) is 3.86. The molecule has 1 aromatic carbocycles. The van der Waals surface area contributed by atoms with E-state index in [0.29, 0.717) is 8.67 Å². The minimum absolute atomic E-state index is 0.419. The lowest BCUT2D eigenvalue weighted by molar-refractivity contribution is 0.521. The molecule has 0 spiro atoms. The van der Waals surface area contributed by atoms with Crippen molar-refractivity contribution in [1.29, 1.82) is 0 Å². The number of hydrogen-bond acceptors (Lipinski definition) is 3. The van der Waals surface area contributed by atoms with Gasteiger partial charge in [-0.15, -0.1) is 11.3 Å². The lowest BCUT2D eigenvalue weighted by Crippen LogP contribution is -2.11. The number of rotatable bonds is 2. The van der Waals surface area contributed by atoms with Crippen molar-refractivity contribution in [3.05, 3.63) is 54.3 Å². The van der Waals surface area contributed by atoms with E-state index in [1.165, 1.54) is 11.3 Å². The van der Waals surface area contributed by atoms with Crippen molar-refractivity contribution in [1.82, 2.24) is 0 Å². The van der Waals surface area contributed by atoms with E-state index in [9.17, 15) is 0 Å². The SMILES string of the molecule is Cc1c(C(N)c2cc(Cl)sc2Cl)oc2ccc(Br)cc12. The van der Waals surface area contributed by atoms with Crippen molar-refractivity contribution in [3.63, 3.8) is 0 Å². The first-order valence-corrected chi connectivity index (χ1v) is 8.22. The predicted molar refractivity (Wildman–Crippen MR) is 89.0 cm³/mol. The molecular formula is C14H10BrCl2NOS. The number of nitrogens with two attached hydrogens (primary N) is 1. The Morgan fingerprint density at radius 2 is 2.05 bits per heavy atom. The highest BCUT2D eigenvalue weighted by Crippen LogP contribution is 2.39. The Morgan fingerprint density at radius 3 is 2.70 bits per heavy atom. The summed E-state index contributed by atoms with van der Waals surface area (Å²) < 4.78 is 8.12. The van der Waals surface area contributed by atoms with Gasteiger partial charge in [-0.2, -0.15) is 0 Å². The molecule has 0 saturated heterocycles. The first kappa shape index (κ1) is 14.4. The van der Waals surface area contributed by atoms with Gasteiger partial charge in [-0.3, -0.25) is 0 Å². The lowest BCUT2D eigenvalue weighted by atomic mass is 10.0. The molecule has 3 aromatic rings. The summed E-state index contributed by atoms with van der Waals surface area (Å²) in [7, 11) is 0. The highest BCUT2D eigenvalue weighted by Gasteiger charge is 2.22. The zero-order chi connectivity index (χ0) is 14.4. The van der Waals surface area contributed by atoms with Crippen LogP contribution in [0.5, 0.6) is 0 Å². The number of fused-ring (bicyclic) bond motifs is 1. The summed E-state index contributed by atoms with van der Waals surface area (Å²) in [6.45, 7) is 2.00. The zero-order valence-electron chi connectivity index (χ0n) is 10.4. The summed E-state index contributed by atoms with van der Waals surface area (Å²) in [6, 6.07) is 7.26. The van der Waals surface area contributed by atoms with Crippen LogP contribution >= 0.6 is 50.5 Å². The number of halogens is 3. The molecule has 1 atom stereocenters. The number of thiophene rings is 1. The van der Waals surface area contributed by atoms with Crippen molar-refractivity contribution >= 4 is 61.4 Å². The lowest BCUT2D eigenvalue weighted by Gasteiger charge is -2.08. The fourth-order valence-electron chi connectivity index (χ4n) is 2.21. The van der Waals surface area contributed by atoms with Gasteiger partial charge in [0.15, 0.2) is 0 Å². The first-order valence-electron chi connectivity index (χ1n) is 5.86. The summed E-state index contributed by atoms with van der Waals surface area (Å²) in [6.07, 6.45) is 0. The molecule has 0 radical (unpaired) electrons. The molecule has 0 aliphatic heterocycles. The van der Waals surface area contributed by atoms with Gasteiger partial charge in [0.25, 0.3) is 0 Å². The van der Waals surface area contributed by atoms with Crippen LogP contribution in [0.4, 0.5) is 0 Å². The molecule has 6 heteroatoms. The van der Waals surface area contributed by atoms with E-state index in [1.54, 1.807) is 6.07 Å². The Balaban J connectivity index is 2.14. The molecule has 2 nitrogen and oxygen atoms in total. The second-order valence-corrected chi connectivity index (χ2v) is 7.69. The maximum atomic E-state index is 6.29. The summed E-state index contributed by atoms with van der Waals surface area (Å²) >= 11 is 16.9. The van der Waals surface area contributed by atoms with Crippen LogP contribution in [0.1, 0.15) is 22.9 Å². The van der Waals surface area contributed by atoms with E-state index in [1.807, 2.05) is 25.1 Å². The van der Waals surface area contributed by atoms with Crippen molar-refractivity contribution in [2.24, 2.45) is 5.73 Å². The van der Waals surface area contributed by atoms with Crippen LogP contribution in [0.2, 0.25) is 8.67 Å². The predicted octanol–water partition coefficient (Wildman–Crippen LogP) is 5.92. The molecule has 2 N–H and O–H groups in total. The molecular weight excluding hydrogens is 381 g/mol. The van der Waals surface area contributed by atoms with Crippen LogP contribution in [0.3, 0.4) is 0 Å². The second kappa shape index (κ2) is 5.35. The Labute approximate surface area is 138 Å². The fraction of sp³-hybridized carbons (Fsp3) is 0.143. The minimum atomic E-state index is -0.419.